The van der Waals surface area contributed by atoms with Crippen LogP contribution in [0.2, 0.25) is 0 Å². The Kier molecular flexibility index (Phi) is 6.39. The van der Waals surface area contributed by atoms with Crippen molar-refractivity contribution in [1.82, 2.24) is 9.97 Å². The van der Waals surface area contributed by atoms with Gasteiger partial charge in [-0.05, 0) is 66.9 Å². The summed E-state index contributed by atoms with van der Waals surface area (Å²) in [6.45, 7) is 8.91. The minimum atomic E-state index is -0.0450. The summed E-state index contributed by atoms with van der Waals surface area (Å²) in [4.78, 5) is 25.5. The highest BCUT2D eigenvalue weighted by atomic mass is 32.2. The number of thiazole rings is 1. The first-order chi connectivity index (χ1) is 14.9. The molecule has 4 aromatic rings. The number of hydrogen-bond donors (Lipinski definition) is 0. The van der Waals surface area contributed by atoms with Crippen LogP contribution in [0.5, 0.6) is 0 Å². The van der Waals surface area contributed by atoms with E-state index < -0.39 is 0 Å². The van der Waals surface area contributed by atoms with E-state index in [-0.39, 0.29) is 5.91 Å². The molecule has 0 unspecified atom stereocenters. The zero-order valence-corrected chi connectivity index (χ0v) is 19.8. The van der Waals surface area contributed by atoms with Crippen LogP contribution in [0.25, 0.3) is 10.2 Å². The Morgan fingerprint density at radius 2 is 1.87 bits per heavy atom. The molecule has 0 aliphatic rings. The van der Waals surface area contributed by atoms with Crippen molar-refractivity contribution in [2.24, 2.45) is 0 Å². The van der Waals surface area contributed by atoms with Crippen molar-refractivity contribution in [2.45, 2.75) is 44.4 Å². The van der Waals surface area contributed by atoms with Crippen LogP contribution in [-0.4, -0.2) is 21.1 Å². The number of carbonyl (C=O) groups excluding carboxylic acids is 1. The molecule has 4 rings (SSSR count). The Bertz CT molecular complexity index is 1220. The Hall–Kier alpha value is -2.70. The number of aromatic nitrogens is 2. The van der Waals surface area contributed by atoms with Gasteiger partial charge in [-0.25, -0.2) is 4.98 Å². The van der Waals surface area contributed by atoms with Crippen molar-refractivity contribution in [1.29, 1.82) is 0 Å². The van der Waals surface area contributed by atoms with Gasteiger partial charge in [0.05, 0.1) is 16.8 Å². The summed E-state index contributed by atoms with van der Waals surface area (Å²) in [5.74, 6) is -0.0450. The minimum absolute atomic E-state index is 0.0450. The number of benzene rings is 2. The van der Waals surface area contributed by atoms with Gasteiger partial charge in [0.2, 0.25) is 0 Å². The Morgan fingerprint density at radius 3 is 2.61 bits per heavy atom. The number of aryl methyl sites for hydroxylation is 2. The molecular formula is C25H25N3OS2. The van der Waals surface area contributed by atoms with Crippen molar-refractivity contribution in [3.05, 3.63) is 83.2 Å². The van der Waals surface area contributed by atoms with Gasteiger partial charge in [-0.15, -0.1) is 11.8 Å². The predicted molar refractivity (Wildman–Crippen MR) is 131 cm³/mol. The number of amides is 1. The number of rotatable bonds is 6. The van der Waals surface area contributed by atoms with Gasteiger partial charge >= 0.3 is 0 Å². The summed E-state index contributed by atoms with van der Waals surface area (Å²) in [5, 5.41) is 1.17. The third kappa shape index (κ3) is 4.97. The van der Waals surface area contributed by atoms with Gasteiger partial charge in [0.15, 0.2) is 5.13 Å². The van der Waals surface area contributed by atoms with E-state index in [0.29, 0.717) is 22.5 Å². The molecule has 0 aliphatic heterocycles. The third-order valence-corrected chi connectivity index (χ3v) is 6.86. The fraction of sp³-hybridized carbons (Fsp3) is 0.240. The SMILES string of the molecule is Cc1cc(C)c2nc(N(Cc3ccncc3)C(=O)c3cccc(SC(C)C)c3)sc2c1. The maximum Gasteiger partial charge on any atom is 0.260 e. The number of pyridine rings is 1. The fourth-order valence-electron chi connectivity index (χ4n) is 3.50. The van der Waals surface area contributed by atoms with Crippen molar-refractivity contribution < 1.29 is 4.79 Å². The van der Waals surface area contributed by atoms with Crippen LogP contribution < -0.4 is 4.90 Å². The molecule has 2 heterocycles. The maximum atomic E-state index is 13.7. The molecule has 0 saturated heterocycles. The van der Waals surface area contributed by atoms with E-state index in [1.165, 1.54) is 5.56 Å². The summed E-state index contributed by atoms with van der Waals surface area (Å²) < 4.78 is 1.10. The predicted octanol–water partition coefficient (Wildman–Crippen LogP) is 6.66. The lowest BCUT2D eigenvalue weighted by molar-refractivity contribution is 0.0985. The molecule has 0 fully saturated rings. The van der Waals surface area contributed by atoms with Gasteiger partial charge in [-0.1, -0.05) is 37.3 Å². The van der Waals surface area contributed by atoms with E-state index in [4.69, 9.17) is 4.98 Å². The molecule has 31 heavy (non-hydrogen) atoms. The zero-order valence-electron chi connectivity index (χ0n) is 18.1. The van der Waals surface area contributed by atoms with Crippen LogP contribution in [0.3, 0.4) is 0 Å². The number of nitrogens with zero attached hydrogens (tertiary/aromatic N) is 3. The number of thioether (sulfide) groups is 1. The molecule has 0 bridgehead atoms. The molecule has 0 aliphatic carbocycles. The first kappa shape index (κ1) is 21.5. The average Bonchev–Trinajstić information content (AvgIpc) is 3.16. The number of anilines is 1. The summed E-state index contributed by atoms with van der Waals surface area (Å²) >= 11 is 3.32. The molecule has 0 spiro atoms. The van der Waals surface area contributed by atoms with Gasteiger partial charge in [0.1, 0.15) is 0 Å². The number of fused-ring (bicyclic) bond motifs is 1. The average molecular weight is 448 g/mol. The quantitative estimate of drug-likeness (QED) is 0.310. The lowest BCUT2D eigenvalue weighted by Gasteiger charge is -2.20. The summed E-state index contributed by atoms with van der Waals surface area (Å²) in [6, 6.07) is 16.0. The van der Waals surface area contributed by atoms with Crippen LogP contribution in [0.15, 0.2) is 65.8 Å². The highest BCUT2D eigenvalue weighted by Gasteiger charge is 2.23. The molecule has 0 N–H and O–H groups in total. The lowest BCUT2D eigenvalue weighted by Crippen LogP contribution is -2.30. The largest absolute Gasteiger partial charge is 0.279 e. The molecular weight excluding hydrogens is 422 g/mol. The first-order valence-corrected chi connectivity index (χ1v) is 12.0. The minimum Gasteiger partial charge on any atom is -0.279 e. The van der Waals surface area contributed by atoms with Gasteiger partial charge in [-0.3, -0.25) is 14.7 Å². The third-order valence-electron chi connectivity index (χ3n) is 4.84. The summed E-state index contributed by atoms with van der Waals surface area (Å²) in [6.07, 6.45) is 3.51. The van der Waals surface area contributed by atoms with E-state index >= 15 is 0 Å². The second kappa shape index (κ2) is 9.20. The van der Waals surface area contributed by atoms with Crippen LogP contribution in [0.1, 0.15) is 40.9 Å². The normalized spacial score (nSPS) is 11.3. The van der Waals surface area contributed by atoms with E-state index in [1.54, 1.807) is 40.4 Å². The molecule has 1 amide bonds. The maximum absolute atomic E-state index is 13.7. The smallest absolute Gasteiger partial charge is 0.260 e. The van der Waals surface area contributed by atoms with E-state index in [0.717, 1.165) is 26.2 Å². The highest BCUT2D eigenvalue weighted by molar-refractivity contribution is 7.99. The van der Waals surface area contributed by atoms with Crippen molar-refractivity contribution >= 4 is 44.4 Å². The topological polar surface area (TPSA) is 46.1 Å². The van der Waals surface area contributed by atoms with E-state index in [9.17, 15) is 4.79 Å². The van der Waals surface area contributed by atoms with Gasteiger partial charge in [-0.2, -0.15) is 0 Å². The second-order valence-electron chi connectivity index (χ2n) is 7.87. The van der Waals surface area contributed by atoms with Crippen LogP contribution in [-0.2, 0) is 6.54 Å². The standard InChI is InChI=1S/C25H25N3OS2/c1-16(2)30-21-7-5-6-20(14-21)24(29)28(15-19-8-10-26-11-9-19)25-27-23-18(4)12-17(3)13-22(23)31-25/h5-14,16H,15H2,1-4H3. The molecule has 4 nitrogen and oxygen atoms in total. The Labute approximate surface area is 191 Å². The first-order valence-electron chi connectivity index (χ1n) is 10.3. The van der Waals surface area contributed by atoms with Crippen LogP contribution >= 0.6 is 23.1 Å². The Balaban J connectivity index is 1.76. The molecule has 2 aromatic carbocycles. The van der Waals surface area contributed by atoms with Crippen molar-refractivity contribution in [2.75, 3.05) is 4.90 Å². The monoisotopic (exact) mass is 447 g/mol. The van der Waals surface area contributed by atoms with Crippen LogP contribution in [0, 0.1) is 13.8 Å². The molecule has 6 heteroatoms. The fourth-order valence-corrected chi connectivity index (χ4v) is 5.54. The molecule has 0 saturated carbocycles. The molecule has 158 valence electrons. The molecule has 0 atom stereocenters. The van der Waals surface area contributed by atoms with Crippen molar-refractivity contribution in [3.8, 4) is 0 Å². The molecule has 0 radical (unpaired) electrons. The number of hydrogen-bond acceptors (Lipinski definition) is 5. The highest BCUT2D eigenvalue weighted by Crippen LogP contribution is 2.33. The lowest BCUT2D eigenvalue weighted by atomic mass is 10.1. The van der Waals surface area contributed by atoms with Gasteiger partial charge < -0.3 is 0 Å². The summed E-state index contributed by atoms with van der Waals surface area (Å²) in [7, 11) is 0. The van der Waals surface area contributed by atoms with E-state index in [1.807, 2.05) is 30.3 Å². The summed E-state index contributed by atoms with van der Waals surface area (Å²) in [5.41, 5.74) is 4.98. The second-order valence-corrected chi connectivity index (χ2v) is 10.5. The zero-order chi connectivity index (χ0) is 22.0. The van der Waals surface area contributed by atoms with Crippen LogP contribution in [0.4, 0.5) is 5.13 Å². The number of carbonyl (C=O) groups is 1. The van der Waals surface area contributed by atoms with Crippen molar-refractivity contribution in [3.63, 3.8) is 0 Å². The Morgan fingerprint density at radius 1 is 1.10 bits per heavy atom. The van der Waals surface area contributed by atoms with E-state index in [2.05, 4.69) is 50.9 Å². The molecule has 2 aromatic heterocycles. The van der Waals surface area contributed by atoms with Gasteiger partial charge in [0, 0.05) is 28.1 Å². The van der Waals surface area contributed by atoms with Gasteiger partial charge in [0.25, 0.3) is 5.91 Å².